The van der Waals surface area contributed by atoms with Crippen LogP contribution in [0.1, 0.15) is 41.5 Å². The molecule has 1 N–H and O–H groups in total. The van der Waals surface area contributed by atoms with Crippen molar-refractivity contribution in [1.29, 1.82) is 0 Å². The minimum atomic E-state index is -0.396. The van der Waals surface area contributed by atoms with Gasteiger partial charge in [0.15, 0.2) is 0 Å². The summed E-state index contributed by atoms with van der Waals surface area (Å²) in [6.45, 7) is 7.77. The first-order chi connectivity index (χ1) is 17.5. The van der Waals surface area contributed by atoms with E-state index in [0.29, 0.717) is 29.7 Å². The molecule has 5 nitrogen and oxygen atoms in total. The minimum Gasteiger partial charge on any atom is -0.508 e. The fourth-order valence-corrected chi connectivity index (χ4v) is 5.03. The second-order valence-electron chi connectivity index (χ2n) is 9.77. The van der Waals surface area contributed by atoms with E-state index >= 15 is 0 Å². The van der Waals surface area contributed by atoms with E-state index in [-0.39, 0.29) is 5.75 Å². The zero-order valence-electron chi connectivity index (χ0n) is 21.0. The number of hydrogen-bond donors (Lipinski definition) is 1. The van der Waals surface area contributed by atoms with Gasteiger partial charge in [-0.3, -0.25) is 4.90 Å². The van der Waals surface area contributed by atoms with Crippen molar-refractivity contribution in [3.63, 3.8) is 0 Å². The van der Waals surface area contributed by atoms with Crippen LogP contribution in [0, 0.1) is 13.8 Å². The lowest BCUT2D eigenvalue weighted by Crippen LogP contribution is -2.33. The highest BCUT2D eigenvalue weighted by molar-refractivity contribution is 5.90. The second kappa shape index (κ2) is 10.6. The first-order valence-corrected chi connectivity index (χ1v) is 12.8. The summed E-state index contributed by atoms with van der Waals surface area (Å²) < 4.78 is 11.7. The average Bonchev–Trinajstić information content (AvgIpc) is 2.89. The molecule has 0 atom stereocenters. The number of phenols is 1. The molecular weight excluding hydrogens is 450 g/mol. The Morgan fingerprint density at radius 1 is 0.917 bits per heavy atom. The maximum Gasteiger partial charge on any atom is 0.344 e. The van der Waals surface area contributed by atoms with E-state index in [0.717, 1.165) is 39.9 Å². The third-order valence-electron chi connectivity index (χ3n) is 7.17. The molecule has 0 aliphatic carbocycles. The number of ether oxygens (including phenoxy) is 1. The number of rotatable bonds is 7. The summed E-state index contributed by atoms with van der Waals surface area (Å²) in [5.41, 5.74) is 5.09. The van der Waals surface area contributed by atoms with Crippen LogP contribution in [0.25, 0.3) is 22.1 Å². The molecule has 5 heteroatoms. The summed E-state index contributed by atoms with van der Waals surface area (Å²) in [6, 6.07) is 19.6. The Labute approximate surface area is 212 Å². The Morgan fingerprint density at radius 3 is 2.36 bits per heavy atom. The molecule has 3 aromatic carbocycles. The summed E-state index contributed by atoms with van der Waals surface area (Å²) in [5, 5.41) is 11.0. The van der Waals surface area contributed by atoms with Crippen molar-refractivity contribution in [2.24, 2.45) is 0 Å². The van der Waals surface area contributed by atoms with E-state index in [2.05, 4.69) is 17.0 Å². The van der Waals surface area contributed by atoms with Gasteiger partial charge < -0.3 is 14.3 Å². The largest absolute Gasteiger partial charge is 0.508 e. The molecule has 0 bridgehead atoms. The van der Waals surface area contributed by atoms with Crippen molar-refractivity contribution < 1.29 is 14.3 Å². The van der Waals surface area contributed by atoms with E-state index in [4.69, 9.17) is 9.15 Å². The number of phenolic OH excluding ortho intramolecular Hbond substituents is 1. The third kappa shape index (κ3) is 5.17. The number of hydrogen-bond acceptors (Lipinski definition) is 5. The lowest BCUT2D eigenvalue weighted by atomic mass is 9.92. The number of aryl methyl sites for hydroxylation is 2. The highest BCUT2D eigenvalue weighted by Crippen LogP contribution is 2.34. The molecule has 0 spiro atoms. The normalized spacial score (nSPS) is 14.3. The number of fused-ring (bicyclic) bond motifs is 1. The maximum absolute atomic E-state index is 13.2. The van der Waals surface area contributed by atoms with E-state index in [1.807, 2.05) is 49.4 Å². The monoisotopic (exact) mass is 483 g/mol. The molecule has 0 radical (unpaired) electrons. The van der Waals surface area contributed by atoms with Crippen LogP contribution < -0.4 is 10.4 Å². The van der Waals surface area contributed by atoms with Gasteiger partial charge in [-0.05, 0) is 87.2 Å². The predicted molar refractivity (Wildman–Crippen MR) is 144 cm³/mol. The molecule has 0 amide bonds. The van der Waals surface area contributed by atoms with Crippen molar-refractivity contribution in [3.05, 3.63) is 93.3 Å². The fourth-order valence-electron chi connectivity index (χ4n) is 5.03. The summed E-state index contributed by atoms with van der Waals surface area (Å²) >= 11 is 0. The summed E-state index contributed by atoms with van der Waals surface area (Å²) in [6.07, 6.45) is 4.46. The zero-order valence-corrected chi connectivity index (χ0v) is 21.0. The van der Waals surface area contributed by atoms with Gasteiger partial charge in [0, 0.05) is 17.5 Å². The molecule has 186 valence electrons. The third-order valence-corrected chi connectivity index (χ3v) is 7.17. The molecule has 1 aliphatic rings. The first-order valence-electron chi connectivity index (χ1n) is 12.8. The lowest BCUT2D eigenvalue weighted by molar-refractivity contribution is 0.183. The van der Waals surface area contributed by atoms with Crippen molar-refractivity contribution in [2.75, 3.05) is 26.2 Å². The maximum atomic E-state index is 13.2. The van der Waals surface area contributed by atoms with Crippen LogP contribution in [0.15, 0.2) is 69.9 Å². The van der Waals surface area contributed by atoms with Crippen LogP contribution in [-0.2, 0) is 6.42 Å². The van der Waals surface area contributed by atoms with Crippen molar-refractivity contribution in [1.82, 2.24) is 4.90 Å². The number of nitrogens with zero attached hydrogens (tertiary/aromatic N) is 1. The minimum absolute atomic E-state index is 0.116. The Kier molecular flexibility index (Phi) is 7.10. The molecule has 2 heterocycles. The van der Waals surface area contributed by atoms with Crippen LogP contribution in [-0.4, -0.2) is 36.2 Å². The molecule has 5 rings (SSSR count). The number of benzene rings is 3. The van der Waals surface area contributed by atoms with Crippen LogP contribution in [0.3, 0.4) is 0 Å². The van der Waals surface area contributed by atoms with Gasteiger partial charge in [0.1, 0.15) is 23.7 Å². The van der Waals surface area contributed by atoms with Crippen molar-refractivity contribution in [2.45, 2.75) is 39.5 Å². The van der Waals surface area contributed by atoms with Gasteiger partial charge in [-0.2, -0.15) is 0 Å². The van der Waals surface area contributed by atoms with Crippen molar-refractivity contribution in [3.8, 4) is 22.6 Å². The van der Waals surface area contributed by atoms with E-state index in [1.54, 1.807) is 13.0 Å². The van der Waals surface area contributed by atoms with Gasteiger partial charge in [-0.25, -0.2) is 4.79 Å². The molecule has 0 saturated carbocycles. The standard InChI is InChI=1S/C31H33NO4/c1-21-6-10-24(11-7-21)29-27(26-14-15-28(33)22(2)30(26)36-31(29)34)20-23-8-12-25(13-9-23)35-19-18-32-16-4-3-5-17-32/h6-15,33H,3-5,16-20H2,1-2H3. The number of aromatic hydroxyl groups is 1. The molecule has 1 aromatic heterocycles. The summed E-state index contributed by atoms with van der Waals surface area (Å²) in [5.74, 6) is 0.971. The first kappa shape index (κ1) is 24.1. The zero-order chi connectivity index (χ0) is 25.1. The van der Waals surface area contributed by atoms with Crippen LogP contribution in [0.5, 0.6) is 11.5 Å². The SMILES string of the molecule is Cc1ccc(-c2c(Cc3ccc(OCCN4CCCCC4)cc3)c3ccc(O)c(C)c3oc2=O)cc1. The van der Waals surface area contributed by atoms with E-state index in [1.165, 1.54) is 32.4 Å². The van der Waals surface area contributed by atoms with Crippen LogP contribution in [0.2, 0.25) is 0 Å². The molecule has 36 heavy (non-hydrogen) atoms. The Bertz CT molecular complexity index is 1400. The van der Waals surface area contributed by atoms with Gasteiger partial charge >= 0.3 is 5.63 Å². The van der Waals surface area contributed by atoms with E-state index < -0.39 is 5.63 Å². The topological polar surface area (TPSA) is 62.9 Å². The molecular formula is C31H33NO4. The number of likely N-dealkylation sites (tertiary alicyclic amines) is 1. The summed E-state index contributed by atoms with van der Waals surface area (Å²) in [4.78, 5) is 15.7. The summed E-state index contributed by atoms with van der Waals surface area (Å²) in [7, 11) is 0. The quantitative estimate of drug-likeness (QED) is 0.315. The predicted octanol–water partition coefficient (Wildman–Crippen LogP) is 6.24. The molecule has 0 unspecified atom stereocenters. The van der Waals surface area contributed by atoms with Gasteiger partial charge in [0.25, 0.3) is 0 Å². The van der Waals surface area contributed by atoms with Gasteiger partial charge in [0.05, 0.1) is 5.56 Å². The lowest BCUT2D eigenvalue weighted by Gasteiger charge is -2.26. The van der Waals surface area contributed by atoms with Crippen LogP contribution in [0.4, 0.5) is 0 Å². The van der Waals surface area contributed by atoms with Gasteiger partial charge in [-0.1, -0.05) is 48.4 Å². The van der Waals surface area contributed by atoms with Gasteiger partial charge in [-0.15, -0.1) is 0 Å². The Morgan fingerprint density at radius 2 is 1.64 bits per heavy atom. The van der Waals surface area contributed by atoms with E-state index in [9.17, 15) is 9.90 Å². The average molecular weight is 484 g/mol. The fraction of sp³-hybridized carbons (Fsp3) is 0.323. The number of piperidine rings is 1. The molecule has 1 aliphatic heterocycles. The smallest absolute Gasteiger partial charge is 0.344 e. The Hall–Kier alpha value is -3.57. The second-order valence-corrected chi connectivity index (χ2v) is 9.77. The molecule has 1 saturated heterocycles. The molecule has 4 aromatic rings. The highest BCUT2D eigenvalue weighted by atomic mass is 16.5. The van der Waals surface area contributed by atoms with Crippen LogP contribution >= 0.6 is 0 Å². The van der Waals surface area contributed by atoms with Crippen molar-refractivity contribution >= 4 is 11.0 Å². The van der Waals surface area contributed by atoms with Gasteiger partial charge in [0.2, 0.25) is 0 Å². The Balaban J connectivity index is 1.44. The highest BCUT2D eigenvalue weighted by Gasteiger charge is 2.19. The molecule has 1 fully saturated rings.